The second-order valence-electron chi connectivity index (χ2n) is 9.12. The van der Waals surface area contributed by atoms with Gasteiger partial charge in [-0.3, -0.25) is 0 Å². The molecule has 0 atom stereocenters. The number of alkyl halides is 2. The van der Waals surface area contributed by atoms with Gasteiger partial charge < -0.3 is 4.48 Å². The molecule has 27 heavy (non-hydrogen) atoms. The Morgan fingerprint density at radius 3 is 0.852 bits per heavy atom. The zero-order chi connectivity index (χ0) is 20.1. The summed E-state index contributed by atoms with van der Waals surface area (Å²) in [5.74, 6) is 0. The van der Waals surface area contributed by atoms with Gasteiger partial charge in [0.05, 0.1) is 27.2 Å². The van der Waals surface area contributed by atoms with Crippen LogP contribution >= 0.6 is 31.9 Å². The largest absolute Gasteiger partial charge is 0.328 e. The molecular formula is C24H50Br2N+. The maximum atomic E-state index is 3.51. The monoisotopic (exact) mass is 510 g/mol. The van der Waals surface area contributed by atoms with E-state index in [1.54, 1.807) is 0 Å². The van der Waals surface area contributed by atoms with Crippen molar-refractivity contribution in [3.8, 4) is 0 Å². The highest BCUT2D eigenvalue weighted by molar-refractivity contribution is 9.09. The van der Waals surface area contributed by atoms with E-state index < -0.39 is 0 Å². The molecule has 0 bridgehead atoms. The summed E-state index contributed by atoms with van der Waals surface area (Å²) in [7, 11) is 4.88. The van der Waals surface area contributed by atoms with Gasteiger partial charge in [0.1, 0.15) is 0 Å². The van der Waals surface area contributed by atoms with E-state index in [4.69, 9.17) is 0 Å². The third-order valence-electron chi connectivity index (χ3n) is 5.79. The van der Waals surface area contributed by atoms with Gasteiger partial charge in [0.25, 0.3) is 0 Å². The average Bonchev–Trinajstić information content (AvgIpc) is 2.64. The van der Waals surface area contributed by atoms with E-state index in [9.17, 15) is 0 Å². The number of hydrogen-bond acceptors (Lipinski definition) is 0. The first-order chi connectivity index (χ1) is 13.1. The molecule has 0 spiro atoms. The van der Waals surface area contributed by atoms with Gasteiger partial charge in [-0.1, -0.05) is 109 Å². The van der Waals surface area contributed by atoms with Crippen LogP contribution in [0.5, 0.6) is 0 Å². The summed E-state index contributed by atoms with van der Waals surface area (Å²) < 4.78 is 1.24. The molecule has 1 nitrogen and oxygen atoms in total. The molecule has 3 heteroatoms. The number of quaternary nitrogens is 1. The van der Waals surface area contributed by atoms with Gasteiger partial charge in [-0.2, -0.15) is 0 Å². The van der Waals surface area contributed by atoms with Crippen LogP contribution < -0.4 is 0 Å². The molecule has 0 N–H and O–H groups in total. The van der Waals surface area contributed by atoms with Crippen LogP contribution in [0.1, 0.15) is 116 Å². The van der Waals surface area contributed by atoms with Crippen molar-refractivity contribution in [2.45, 2.75) is 116 Å². The maximum Gasteiger partial charge on any atom is 0.0782 e. The second kappa shape index (κ2) is 21.6. The van der Waals surface area contributed by atoms with E-state index in [1.807, 2.05) is 0 Å². The SMILES string of the molecule is C[N+](C)(CCCCCCCCCCCBr)CCCCCCCCCCCBr. The van der Waals surface area contributed by atoms with Crippen molar-refractivity contribution in [2.24, 2.45) is 0 Å². The molecule has 0 saturated carbocycles. The molecule has 0 aromatic carbocycles. The molecule has 0 fully saturated rings. The summed E-state index contributed by atoms with van der Waals surface area (Å²) in [6, 6.07) is 0. The van der Waals surface area contributed by atoms with Gasteiger partial charge in [0.2, 0.25) is 0 Å². The van der Waals surface area contributed by atoms with Crippen LogP contribution in [0, 0.1) is 0 Å². The molecule has 0 saturated heterocycles. The number of unbranched alkanes of at least 4 members (excludes halogenated alkanes) is 16. The minimum absolute atomic E-state index is 1.18. The Balaban J connectivity index is 3.31. The summed E-state index contributed by atoms with van der Waals surface area (Å²) in [6.45, 7) is 2.75. The van der Waals surface area contributed by atoms with E-state index in [0.717, 1.165) is 0 Å². The Labute approximate surface area is 189 Å². The zero-order valence-corrected chi connectivity index (χ0v) is 21.9. The second-order valence-corrected chi connectivity index (χ2v) is 10.7. The highest BCUT2D eigenvalue weighted by Crippen LogP contribution is 2.14. The van der Waals surface area contributed by atoms with E-state index >= 15 is 0 Å². The fourth-order valence-corrected chi connectivity index (χ4v) is 4.65. The number of nitrogens with zero attached hydrogens (tertiary/aromatic N) is 1. The van der Waals surface area contributed by atoms with Gasteiger partial charge >= 0.3 is 0 Å². The standard InChI is InChI=1S/C24H50Br2N/c1-27(2,23-19-15-11-7-3-5-9-13-17-21-25)24-20-16-12-8-4-6-10-14-18-22-26/h3-24H2,1-2H3/q+1. The smallest absolute Gasteiger partial charge is 0.0782 e. The Bertz CT molecular complexity index is 256. The quantitative estimate of drug-likeness (QED) is 0.0772. The van der Waals surface area contributed by atoms with Crippen molar-refractivity contribution in [1.82, 2.24) is 0 Å². The third kappa shape index (κ3) is 23.1. The lowest BCUT2D eigenvalue weighted by atomic mass is 10.1. The average molecular weight is 512 g/mol. The Morgan fingerprint density at radius 2 is 0.593 bits per heavy atom. The molecule has 0 aliphatic rings. The summed E-state index contributed by atoms with van der Waals surface area (Å²) in [5.41, 5.74) is 0. The molecular weight excluding hydrogens is 462 g/mol. The number of hydrogen-bond donors (Lipinski definition) is 0. The first-order valence-corrected chi connectivity index (χ1v) is 14.3. The first kappa shape index (κ1) is 27.9. The lowest BCUT2D eigenvalue weighted by Gasteiger charge is -2.30. The maximum absolute atomic E-state index is 3.51. The normalized spacial score (nSPS) is 12.0. The highest BCUT2D eigenvalue weighted by atomic mass is 79.9. The van der Waals surface area contributed by atoms with E-state index in [2.05, 4.69) is 46.0 Å². The number of halogens is 2. The zero-order valence-electron chi connectivity index (χ0n) is 18.8. The van der Waals surface area contributed by atoms with Gasteiger partial charge in [-0.15, -0.1) is 0 Å². The molecule has 0 heterocycles. The summed E-state index contributed by atoms with van der Waals surface area (Å²) in [5, 5.41) is 2.36. The minimum Gasteiger partial charge on any atom is -0.328 e. The lowest BCUT2D eigenvalue weighted by molar-refractivity contribution is -0.890. The number of rotatable bonds is 22. The third-order valence-corrected chi connectivity index (χ3v) is 6.92. The van der Waals surface area contributed by atoms with Crippen LogP contribution in [0.25, 0.3) is 0 Å². The fourth-order valence-electron chi connectivity index (χ4n) is 3.86. The van der Waals surface area contributed by atoms with Crippen LogP contribution in [0.2, 0.25) is 0 Å². The topological polar surface area (TPSA) is 0 Å². The van der Waals surface area contributed by atoms with E-state index in [0.29, 0.717) is 0 Å². The van der Waals surface area contributed by atoms with Gasteiger partial charge in [0, 0.05) is 10.7 Å². The van der Waals surface area contributed by atoms with Crippen LogP contribution in [0.4, 0.5) is 0 Å². The minimum atomic E-state index is 1.18. The van der Waals surface area contributed by atoms with Crippen molar-refractivity contribution in [3.05, 3.63) is 0 Å². The summed E-state index contributed by atoms with van der Waals surface area (Å²) in [4.78, 5) is 0. The molecule has 0 aromatic rings. The summed E-state index contributed by atoms with van der Waals surface area (Å²) in [6.07, 6.45) is 25.8. The van der Waals surface area contributed by atoms with Crippen LogP contribution in [-0.2, 0) is 0 Å². The van der Waals surface area contributed by atoms with Crippen LogP contribution in [0.15, 0.2) is 0 Å². The van der Waals surface area contributed by atoms with E-state index in [1.165, 1.54) is 144 Å². The first-order valence-electron chi connectivity index (χ1n) is 12.1. The predicted octanol–water partition coefficient (Wildman–Crippen LogP) is 8.87. The van der Waals surface area contributed by atoms with Gasteiger partial charge in [-0.25, -0.2) is 0 Å². The molecule has 0 aliphatic carbocycles. The molecule has 0 unspecified atom stereocenters. The van der Waals surface area contributed by atoms with Crippen LogP contribution in [0.3, 0.4) is 0 Å². The molecule has 0 aliphatic heterocycles. The molecule has 0 amide bonds. The Kier molecular flexibility index (Phi) is 22.4. The van der Waals surface area contributed by atoms with Crippen molar-refractivity contribution in [3.63, 3.8) is 0 Å². The Hall–Kier alpha value is 0.920. The molecule has 0 rings (SSSR count). The molecule has 0 aromatic heterocycles. The summed E-state index contributed by atoms with van der Waals surface area (Å²) >= 11 is 7.03. The molecule has 164 valence electrons. The van der Waals surface area contributed by atoms with Crippen molar-refractivity contribution >= 4 is 31.9 Å². The Morgan fingerprint density at radius 1 is 0.370 bits per heavy atom. The molecule has 0 radical (unpaired) electrons. The van der Waals surface area contributed by atoms with E-state index in [-0.39, 0.29) is 0 Å². The van der Waals surface area contributed by atoms with Crippen molar-refractivity contribution in [2.75, 3.05) is 37.8 Å². The van der Waals surface area contributed by atoms with Crippen molar-refractivity contribution in [1.29, 1.82) is 0 Å². The fraction of sp³-hybridized carbons (Fsp3) is 1.00. The van der Waals surface area contributed by atoms with Crippen molar-refractivity contribution < 1.29 is 4.48 Å². The predicted molar refractivity (Wildman–Crippen MR) is 133 cm³/mol. The lowest BCUT2D eigenvalue weighted by Crippen LogP contribution is -2.41. The van der Waals surface area contributed by atoms with Crippen LogP contribution in [-0.4, -0.2) is 42.3 Å². The highest BCUT2D eigenvalue weighted by Gasteiger charge is 2.13. The van der Waals surface area contributed by atoms with Gasteiger partial charge in [-0.05, 0) is 38.5 Å². The van der Waals surface area contributed by atoms with Gasteiger partial charge in [0.15, 0.2) is 0 Å².